The van der Waals surface area contributed by atoms with Gasteiger partial charge in [-0.1, -0.05) is 29.5 Å². The van der Waals surface area contributed by atoms with Gasteiger partial charge in [0.1, 0.15) is 22.3 Å². The highest BCUT2D eigenvalue weighted by Crippen LogP contribution is 2.30. The van der Waals surface area contributed by atoms with Crippen LogP contribution in [-0.2, 0) is 0 Å². The molecule has 4 rings (SSSR count). The molecule has 0 saturated heterocycles. The number of phenolic OH excluding ortho intramolecular Hbond substituents is 1. The molecular formula is C23H19FN4O2S. The number of nitrogens with one attached hydrogen (secondary N) is 2. The van der Waals surface area contributed by atoms with Gasteiger partial charge in [-0.25, -0.2) is 14.4 Å². The molecule has 0 bridgehead atoms. The maximum absolute atomic E-state index is 13.2. The molecule has 2 heterocycles. The molecule has 0 aliphatic rings. The Balaban J connectivity index is 1.50. The van der Waals surface area contributed by atoms with E-state index in [0.29, 0.717) is 27.1 Å². The molecule has 8 heteroatoms. The zero-order valence-electron chi connectivity index (χ0n) is 16.8. The number of thiazole rings is 1. The highest BCUT2D eigenvalue weighted by atomic mass is 32.1. The van der Waals surface area contributed by atoms with Crippen LogP contribution in [0.3, 0.4) is 0 Å². The summed E-state index contributed by atoms with van der Waals surface area (Å²) in [7, 11) is 0. The van der Waals surface area contributed by atoms with Crippen molar-refractivity contribution in [2.24, 2.45) is 0 Å². The molecule has 0 radical (unpaired) electrons. The second-order valence-corrected chi connectivity index (χ2v) is 7.98. The molecule has 4 aromatic rings. The van der Waals surface area contributed by atoms with Crippen molar-refractivity contribution in [1.29, 1.82) is 0 Å². The summed E-state index contributed by atoms with van der Waals surface area (Å²) < 4.78 is 13.2. The zero-order chi connectivity index (χ0) is 22.0. The molecule has 1 amide bonds. The van der Waals surface area contributed by atoms with Crippen molar-refractivity contribution in [2.45, 2.75) is 13.8 Å². The van der Waals surface area contributed by atoms with Gasteiger partial charge in [0.05, 0.1) is 11.9 Å². The second-order valence-electron chi connectivity index (χ2n) is 6.95. The number of pyridine rings is 1. The molecule has 3 N–H and O–H groups in total. The Morgan fingerprint density at radius 3 is 2.58 bits per heavy atom. The largest absolute Gasteiger partial charge is 0.508 e. The molecule has 31 heavy (non-hydrogen) atoms. The molecule has 0 aliphatic carbocycles. The molecule has 2 aromatic carbocycles. The van der Waals surface area contributed by atoms with Crippen molar-refractivity contribution in [2.75, 3.05) is 10.6 Å². The van der Waals surface area contributed by atoms with Crippen LogP contribution in [0.15, 0.2) is 60.9 Å². The van der Waals surface area contributed by atoms with Gasteiger partial charge in [0.25, 0.3) is 5.91 Å². The van der Waals surface area contributed by atoms with E-state index in [1.807, 2.05) is 19.1 Å². The normalized spacial score (nSPS) is 10.7. The van der Waals surface area contributed by atoms with Crippen LogP contribution in [0.1, 0.15) is 20.8 Å². The summed E-state index contributed by atoms with van der Waals surface area (Å²) in [6, 6.07) is 13.2. The number of nitrogens with zero attached hydrogens (tertiary/aromatic N) is 2. The molecule has 0 fully saturated rings. The Labute approximate surface area is 182 Å². The summed E-state index contributed by atoms with van der Waals surface area (Å²) >= 11 is 1.19. The lowest BCUT2D eigenvalue weighted by Crippen LogP contribution is -2.12. The van der Waals surface area contributed by atoms with Gasteiger partial charge in [0.2, 0.25) is 0 Å². The van der Waals surface area contributed by atoms with Crippen LogP contribution in [0, 0.1) is 19.7 Å². The average Bonchev–Trinajstić information content (AvgIpc) is 3.23. The smallest absolute Gasteiger partial charge is 0.267 e. The molecule has 0 saturated carbocycles. The van der Waals surface area contributed by atoms with Gasteiger partial charge >= 0.3 is 0 Å². The maximum Gasteiger partial charge on any atom is 0.267 e. The third-order valence-corrected chi connectivity index (χ3v) is 5.70. The van der Waals surface area contributed by atoms with Crippen LogP contribution in [-0.4, -0.2) is 21.0 Å². The molecule has 0 spiro atoms. The van der Waals surface area contributed by atoms with Crippen molar-refractivity contribution in [3.8, 4) is 16.9 Å². The summed E-state index contributed by atoms with van der Waals surface area (Å²) in [5.74, 6) is 0.0821. The summed E-state index contributed by atoms with van der Waals surface area (Å²) in [5.41, 5.74) is 3.79. The summed E-state index contributed by atoms with van der Waals surface area (Å²) in [6.07, 6.45) is 3.13. The summed E-state index contributed by atoms with van der Waals surface area (Å²) in [6.45, 7) is 3.61. The number of benzene rings is 2. The number of aryl methyl sites for hydroxylation is 1. The lowest BCUT2D eigenvalue weighted by Gasteiger charge is -2.11. The summed E-state index contributed by atoms with van der Waals surface area (Å²) in [5, 5.41) is 16.4. The first kappa shape index (κ1) is 20.5. The maximum atomic E-state index is 13.2. The quantitative estimate of drug-likeness (QED) is 0.377. The molecule has 0 atom stereocenters. The Morgan fingerprint density at radius 1 is 1.03 bits per heavy atom. The van der Waals surface area contributed by atoms with E-state index < -0.39 is 0 Å². The van der Waals surface area contributed by atoms with E-state index in [9.17, 15) is 14.3 Å². The van der Waals surface area contributed by atoms with Gasteiger partial charge in [-0.2, -0.15) is 0 Å². The second kappa shape index (κ2) is 8.53. The molecule has 6 nitrogen and oxygen atoms in total. The topological polar surface area (TPSA) is 87.1 Å². The van der Waals surface area contributed by atoms with Gasteiger partial charge in [0.15, 0.2) is 5.13 Å². The van der Waals surface area contributed by atoms with E-state index in [-0.39, 0.29) is 17.5 Å². The monoisotopic (exact) mass is 434 g/mol. The van der Waals surface area contributed by atoms with Crippen LogP contribution in [0.5, 0.6) is 5.75 Å². The lowest BCUT2D eigenvalue weighted by molar-refractivity contribution is 0.103. The Hall–Kier alpha value is -3.78. The fourth-order valence-electron chi connectivity index (χ4n) is 3.07. The number of carbonyl (C=O) groups is 1. The van der Waals surface area contributed by atoms with E-state index in [0.717, 1.165) is 16.7 Å². The first-order valence-electron chi connectivity index (χ1n) is 9.46. The number of hydrogen-bond donors (Lipinski definition) is 3. The minimum absolute atomic E-state index is 0.125. The first-order chi connectivity index (χ1) is 14.9. The highest BCUT2D eigenvalue weighted by molar-refractivity contribution is 7.17. The number of amides is 1. The van der Waals surface area contributed by atoms with E-state index in [1.54, 1.807) is 37.4 Å². The van der Waals surface area contributed by atoms with Crippen molar-refractivity contribution >= 4 is 33.9 Å². The molecular weight excluding hydrogens is 415 g/mol. The average molecular weight is 434 g/mol. The lowest BCUT2D eigenvalue weighted by atomic mass is 10.1. The Kier molecular flexibility index (Phi) is 5.64. The minimum Gasteiger partial charge on any atom is -0.508 e. The molecule has 156 valence electrons. The Morgan fingerprint density at radius 2 is 1.81 bits per heavy atom. The predicted octanol–water partition coefficient (Wildman–Crippen LogP) is 5.66. The number of aromatic hydroxyl groups is 1. The van der Waals surface area contributed by atoms with Crippen LogP contribution in [0.4, 0.5) is 21.0 Å². The SMILES string of the molecule is Cc1ccc(O)c(C)c1NC(=O)c1cnc(Nc2cc(-c3ccc(F)cc3)ccn2)s1. The molecule has 2 aromatic heterocycles. The number of rotatable bonds is 5. The third kappa shape index (κ3) is 4.54. The fourth-order valence-corrected chi connectivity index (χ4v) is 3.79. The number of halogens is 1. The third-order valence-electron chi connectivity index (χ3n) is 4.79. The standard InChI is InChI=1S/C23H19FN4O2S/c1-13-3-8-18(29)14(2)21(13)28-22(30)19-12-26-23(31-19)27-20-11-16(9-10-25-20)15-4-6-17(24)7-5-15/h3-12,29H,1-2H3,(H,28,30)(H,25,26,27). The van der Waals surface area contributed by atoms with Crippen LogP contribution < -0.4 is 10.6 Å². The number of hydrogen-bond acceptors (Lipinski definition) is 6. The highest BCUT2D eigenvalue weighted by Gasteiger charge is 2.15. The van der Waals surface area contributed by atoms with Gasteiger partial charge in [-0.15, -0.1) is 0 Å². The van der Waals surface area contributed by atoms with Crippen LogP contribution in [0.25, 0.3) is 11.1 Å². The van der Waals surface area contributed by atoms with Crippen LogP contribution in [0.2, 0.25) is 0 Å². The first-order valence-corrected chi connectivity index (χ1v) is 10.3. The van der Waals surface area contributed by atoms with E-state index in [1.165, 1.54) is 29.7 Å². The van der Waals surface area contributed by atoms with E-state index in [4.69, 9.17) is 0 Å². The minimum atomic E-state index is -0.310. The van der Waals surface area contributed by atoms with Crippen LogP contribution >= 0.6 is 11.3 Å². The summed E-state index contributed by atoms with van der Waals surface area (Å²) in [4.78, 5) is 21.6. The van der Waals surface area contributed by atoms with E-state index >= 15 is 0 Å². The molecule has 0 unspecified atom stereocenters. The number of phenols is 1. The number of anilines is 3. The van der Waals surface area contributed by atoms with Gasteiger partial charge < -0.3 is 15.7 Å². The van der Waals surface area contributed by atoms with Gasteiger partial charge in [-0.05, 0) is 60.9 Å². The fraction of sp³-hybridized carbons (Fsp3) is 0.0870. The van der Waals surface area contributed by atoms with Crippen molar-refractivity contribution < 1.29 is 14.3 Å². The predicted molar refractivity (Wildman–Crippen MR) is 121 cm³/mol. The van der Waals surface area contributed by atoms with E-state index in [2.05, 4.69) is 20.6 Å². The number of aromatic nitrogens is 2. The van der Waals surface area contributed by atoms with Gasteiger partial charge in [0, 0.05) is 11.8 Å². The van der Waals surface area contributed by atoms with Crippen molar-refractivity contribution in [3.05, 3.63) is 82.7 Å². The Bertz CT molecular complexity index is 1250. The van der Waals surface area contributed by atoms with Crippen molar-refractivity contribution in [1.82, 2.24) is 9.97 Å². The molecule has 0 aliphatic heterocycles. The number of carbonyl (C=O) groups excluding carboxylic acids is 1. The van der Waals surface area contributed by atoms with Gasteiger partial charge in [-0.3, -0.25) is 4.79 Å². The van der Waals surface area contributed by atoms with Crippen molar-refractivity contribution in [3.63, 3.8) is 0 Å². The zero-order valence-corrected chi connectivity index (χ0v) is 17.6.